The maximum atomic E-state index is 11.3. The number of anilines is 1. The Labute approximate surface area is 112 Å². The minimum atomic E-state index is -1.06. The van der Waals surface area contributed by atoms with Crippen LogP contribution in [0.4, 0.5) is 5.69 Å². The Morgan fingerprint density at radius 1 is 1.59 bits per heavy atom. The van der Waals surface area contributed by atoms with Crippen molar-refractivity contribution in [3.8, 4) is 0 Å². The molecule has 2 rings (SSSR count). The van der Waals surface area contributed by atoms with E-state index in [1.165, 1.54) is 0 Å². The Hall–Kier alpha value is -0.560. The van der Waals surface area contributed by atoms with Gasteiger partial charge in [0.05, 0.1) is 6.61 Å². The number of halogens is 1. The Morgan fingerprint density at radius 3 is 3.06 bits per heavy atom. The molecule has 2 N–H and O–H groups in total. The molecular formula is C11H12BrNO3S. The molecule has 17 heavy (non-hydrogen) atoms. The van der Waals surface area contributed by atoms with Gasteiger partial charge in [-0.05, 0) is 28.1 Å². The number of amides is 1. The van der Waals surface area contributed by atoms with Crippen LogP contribution in [0.25, 0.3) is 0 Å². The molecule has 0 aromatic heterocycles. The first-order chi connectivity index (χ1) is 8.13. The Balaban J connectivity index is 2.21. The van der Waals surface area contributed by atoms with Crippen LogP contribution in [-0.2, 0) is 9.53 Å². The third-order valence-electron chi connectivity index (χ3n) is 2.45. The summed E-state index contributed by atoms with van der Waals surface area (Å²) in [6.07, 6.45) is -1.06. The number of hydrogen-bond donors (Lipinski definition) is 2. The van der Waals surface area contributed by atoms with Gasteiger partial charge in [0.25, 0.3) is 5.91 Å². The fourth-order valence-electron chi connectivity index (χ4n) is 1.59. The van der Waals surface area contributed by atoms with Crippen LogP contribution in [0.5, 0.6) is 0 Å². The molecule has 1 aromatic rings. The predicted molar refractivity (Wildman–Crippen MR) is 70.3 cm³/mol. The number of carbonyl (C=O) groups is 1. The van der Waals surface area contributed by atoms with Gasteiger partial charge < -0.3 is 15.2 Å². The molecule has 0 radical (unpaired) electrons. The Bertz CT molecular complexity index is 453. The number of benzene rings is 1. The van der Waals surface area contributed by atoms with Gasteiger partial charge in [-0.2, -0.15) is 0 Å². The molecule has 1 aromatic carbocycles. The molecule has 92 valence electrons. The van der Waals surface area contributed by atoms with Gasteiger partial charge in [-0.3, -0.25) is 4.79 Å². The standard InChI is InChI=1S/C11H12BrNO3S/c1-16-2-3-17-9-5-8-6(4-7(9)12)10(14)11(15)13-8/h4-5,10,14H,2-3H2,1H3,(H,13,15). The average molecular weight is 318 g/mol. The Kier molecular flexibility index (Phi) is 4.09. The molecule has 1 aliphatic rings. The van der Waals surface area contributed by atoms with E-state index in [9.17, 15) is 9.90 Å². The van der Waals surface area contributed by atoms with Crippen molar-refractivity contribution in [2.24, 2.45) is 0 Å². The van der Waals surface area contributed by atoms with E-state index in [1.54, 1.807) is 24.9 Å². The van der Waals surface area contributed by atoms with E-state index in [-0.39, 0.29) is 5.91 Å². The third-order valence-corrected chi connectivity index (χ3v) is 4.39. The van der Waals surface area contributed by atoms with E-state index in [2.05, 4.69) is 21.2 Å². The smallest absolute Gasteiger partial charge is 0.257 e. The van der Waals surface area contributed by atoms with Gasteiger partial charge in [0.2, 0.25) is 0 Å². The van der Waals surface area contributed by atoms with Gasteiger partial charge in [-0.1, -0.05) is 0 Å². The number of rotatable bonds is 4. The van der Waals surface area contributed by atoms with Crippen LogP contribution in [0, 0.1) is 0 Å². The summed E-state index contributed by atoms with van der Waals surface area (Å²) in [5.41, 5.74) is 1.31. The van der Waals surface area contributed by atoms with Crippen molar-refractivity contribution < 1.29 is 14.6 Å². The van der Waals surface area contributed by atoms with Gasteiger partial charge in [0.1, 0.15) is 0 Å². The number of aliphatic hydroxyl groups is 1. The average Bonchev–Trinajstić information content (AvgIpc) is 2.56. The summed E-state index contributed by atoms with van der Waals surface area (Å²) in [5.74, 6) is 0.468. The van der Waals surface area contributed by atoms with Crippen molar-refractivity contribution in [2.75, 3.05) is 24.8 Å². The number of methoxy groups -OCH3 is 1. The lowest BCUT2D eigenvalue weighted by atomic mass is 10.1. The summed E-state index contributed by atoms with van der Waals surface area (Å²) >= 11 is 5.07. The summed E-state index contributed by atoms with van der Waals surface area (Å²) in [5, 5.41) is 12.3. The highest BCUT2D eigenvalue weighted by Crippen LogP contribution is 2.38. The summed E-state index contributed by atoms with van der Waals surface area (Å²) < 4.78 is 5.87. The molecule has 0 aliphatic carbocycles. The molecule has 0 saturated heterocycles. The number of hydrogen-bond acceptors (Lipinski definition) is 4. The van der Waals surface area contributed by atoms with Gasteiger partial charge in [-0.15, -0.1) is 11.8 Å². The van der Waals surface area contributed by atoms with E-state index in [1.807, 2.05) is 6.07 Å². The molecule has 0 fully saturated rings. The number of nitrogens with one attached hydrogen (secondary N) is 1. The highest BCUT2D eigenvalue weighted by Gasteiger charge is 2.29. The lowest BCUT2D eigenvalue weighted by Gasteiger charge is -2.07. The first-order valence-electron chi connectivity index (χ1n) is 5.07. The molecule has 1 unspecified atom stereocenters. The van der Waals surface area contributed by atoms with E-state index < -0.39 is 6.10 Å². The zero-order valence-electron chi connectivity index (χ0n) is 9.20. The zero-order chi connectivity index (χ0) is 12.4. The number of fused-ring (bicyclic) bond motifs is 1. The van der Waals surface area contributed by atoms with Crippen molar-refractivity contribution >= 4 is 39.3 Å². The maximum absolute atomic E-state index is 11.3. The second kappa shape index (κ2) is 5.39. The minimum absolute atomic E-state index is 0.369. The zero-order valence-corrected chi connectivity index (χ0v) is 11.6. The number of thioether (sulfide) groups is 1. The van der Waals surface area contributed by atoms with Crippen LogP contribution in [0.1, 0.15) is 11.7 Å². The maximum Gasteiger partial charge on any atom is 0.257 e. The topological polar surface area (TPSA) is 58.6 Å². The molecule has 0 spiro atoms. The molecule has 6 heteroatoms. The van der Waals surface area contributed by atoms with Gasteiger partial charge >= 0.3 is 0 Å². The van der Waals surface area contributed by atoms with Crippen LogP contribution in [0.3, 0.4) is 0 Å². The first kappa shape index (κ1) is 12.9. The summed E-state index contributed by atoms with van der Waals surface area (Å²) in [6.45, 7) is 0.670. The first-order valence-corrected chi connectivity index (χ1v) is 6.85. The van der Waals surface area contributed by atoms with Crippen LogP contribution >= 0.6 is 27.7 Å². The molecule has 0 saturated carbocycles. The molecule has 4 nitrogen and oxygen atoms in total. The highest BCUT2D eigenvalue weighted by molar-refractivity contribution is 9.10. The van der Waals surface area contributed by atoms with Crippen LogP contribution in [0.2, 0.25) is 0 Å². The second-order valence-electron chi connectivity index (χ2n) is 3.60. The van der Waals surface area contributed by atoms with Crippen LogP contribution < -0.4 is 5.32 Å². The molecule has 1 heterocycles. The summed E-state index contributed by atoms with van der Waals surface area (Å²) in [4.78, 5) is 12.3. The number of ether oxygens (including phenoxy) is 1. The van der Waals surface area contributed by atoms with Gasteiger partial charge in [0, 0.05) is 33.5 Å². The minimum Gasteiger partial charge on any atom is -0.384 e. The quantitative estimate of drug-likeness (QED) is 0.660. The van der Waals surface area contributed by atoms with Crippen LogP contribution in [0.15, 0.2) is 21.5 Å². The molecule has 0 bridgehead atoms. The monoisotopic (exact) mass is 317 g/mol. The number of carbonyl (C=O) groups excluding carboxylic acids is 1. The van der Waals surface area contributed by atoms with Crippen molar-refractivity contribution in [3.05, 3.63) is 22.2 Å². The van der Waals surface area contributed by atoms with Crippen molar-refractivity contribution in [2.45, 2.75) is 11.0 Å². The van der Waals surface area contributed by atoms with Crippen molar-refractivity contribution in [1.29, 1.82) is 0 Å². The normalized spacial score (nSPS) is 18.1. The second-order valence-corrected chi connectivity index (χ2v) is 5.59. The molecule has 1 aliphatic heterocycles. The van der Waals surface area contributed by atoms with Crippen LogP contribution in [-0.4, -0.2) is 30.5 Å². The van der Waals surface area contributed by atoms with E-state index in [4.69, 9.17) is 4.74 Å². The molecule has 1 atom stereocenters. The lowest BCUT2D eigenvalue weighted by Crippen LogP contribution is -2.10. The largest absolute Gasteiger partial charge is 0.384 e. The fraction of sp³-hybridized carbons (Fsp3) is 0.364. The SMILES string of the molecule is COCCSc1cc2c(cc1Br)C(O)C(=O)N2. The summed E-state index contributed by atoms with van der Waals surface area (Å²) in [6, 6.07) is 3.65. The van der Waals surface area contributed by atoms with Gasteiger partial charge in [0.15, 0.2) is 6.10 Å². The third kappa shape index (κ3) is 2.65. The summed E-state index contributed by atoms with van der Waals surface area (Å²) in [7, 11) is 1.66. The van der Waals surface area contributed by atoms with E-state index in [0.29, 0.717) is 17.9 Å². The molecule has 1 amide bonds. The van der Waals surface area contributed by atoms with Gasteiger partial charge in [-0.25, -0.2) is 0 Å². The Morgan fingerprint density at radius 2 is 2.35 bits per heavy atom. The predicted octanol–water partition coefficient (Wildman–Crippen LogP) is 2.17. The number of aliphatic hydroxyl groups excluding tert-OH is 1. The fourth-order valence-corrected chi connectivity index (χ4v) is 3.16. The van der Waals surface area contributed by atoms with E-state index in [0.717, 1.165) is 15.1 Å². The highest BCUT2D eigenvalue weighted by atomic mass is 79.9. The lowest BCUT2D eigenvalue weighted by molar-refractivity contribution is -0.123. The molecular weight excluding hydrogens is 306 g/mol. The van der Waals surface area contributed by atoms with Crippen molar-refractivity contribution in [3.63, 3.8) is 0 Å². The van der Waals surface area contributed by atoms with Crippen molar-refractivity contribution in [1.82, 2.24) is 0 Å². The van der Waals surface area contributed by atoms with E-state index >= 15 is 0 Å².